The van der Waals surface area contributed by atoms with Crippen LogP contribution in [-0.2, 0) is 6.61 Å². The average Bonchev–Trinajstić information content (AvgIpc) is 2.56. The van der Waals surface area contributed by atoms with Crippen molar-refractivity contribution in [2.75, 3.05) is 5.32 Å². The van der Waals surface area contributed by atoms with Crippen molar-refractivity contribution in [3.63, 3.8) is 0 Å². The Morgan fingerprint density at radius 2 is 1.86 bits per heavy atom. The molecule has 22 heavy (non-hydrogen) atoms. The van der Waals surface area contributed by atoms with E-state index in [0.717, 1.165) is 5.56 Å². The lowest BCUT2D eigenvalue weighted by atomic mass is 10.2. The summed E-state index contributed by atoms with van der Waals surface area (Å²) in [6, 6.07) is 16.7. The van der Waals surface area contributed by atoms with E-state index in [4.69, 9.17) is 15.3 Å². The lowest BCUT2D eigenvalue weighted by Gasteiger charge is -2.08. The first-order valence-corrected chi connectivity index (χ1v) is 6.45. The molecule has 0 bridgehead atoms. The Bertz CT molecular complexity index is 739. The molecule has 2 aromatic carbocycles. The van der Waals surface area contributed by atoms with E-state index >= 15 is 0 Å². The van der Waals surface area contributed by atoms with Gasteiger partial charge in [0.05, 0.1) is 0 Å². The Kier molecular flexibility index (Phi) is 5.12. The van der Waals surface area contributed by atoms with E-state index in [1.54, 1.807) is 48.5 Å². The van der Waals surface area contributed by atoms with Crippen LogP contribution in [0, 0.1) is 28.5 Å². The monoisotopic (exact) mass is 293 g/mol. The maximum atomic E-state index is 12.8. The number of benzene rings is 2. The number of halogens is 1. The SMILES string of the molecule is N#CC(C#N)=CNc1cccc(OCc2ccc(F)cc2)c1. The van der Waals surface area contributed by atoms with Crippen LogP contribution in [0.25, 0.3) is 0 Å². The van der Waals surface area contributed by atoms with E-state index in [1.807, 2.05) is 0 Å². The van der Waals surface area contributed by atoms with E-state index in [9.17, 15) is 4.39 Å². The molecular formula is C17H12FN3O. The lowest BCUT2D eigenvalue weighted by molar-refractivity contribution is 0.306. The Morgan fingerprint density at radius 3 is 2.55 bits per heavy atom. The summed E-state index contributed by atoms with van der Waals surface area (Å²) in [4.78, 5) is 0. The van der Waals surface area contributed by atoms with Crippen molar-refractivity contribution in [1.82, 2.24) is 0 Å². The predicted molar refractivity (Wildman–Crippen MR) is 80.1 cm³/mol. The van der Waals surface area contributed by atoms with Crippen LogP contribution in [0.15, 0.2) is 60.3 Å². The van der Waals surface area contributed by atoms with Crippen LogP contribution in [-0.4, -0.2) is 0 Å². The summed E-state index contributed by atoms with van der Waals surface area (Å²) in [5.41, 5.74) is 1.54. The Labute approximate surface area is 127 Å². The van der Waals surface area contributed by atoms with Gasteiger partial charge in [-0.15, -0.1) is 0 Å². The molecule has 108 valence electrons. The summed E-state index contributed by atoms with van der Waals surface area (Å²) in [7, 11) is 0. The van der Waals surface area contributed by atoms with Crippen molar-refractivity contribution < 1.29 is 9.13 Å². The lowest BCUT2D eigenvalue weighted by Crippen LogP contribution is -1.96. The Morgan fingerprint density at radius 1 is 1.14 bits per heavy atom. The summed E-state index contributed by atoms with van der Waals surface area (Å²) in [6.07, 6.45) is 1.33. The van der Waals surface area contributed by atoms with Crippen molar-refractivity contribution in [3.05, 3.63) is 71.7 Å². The van der Waals surface area contributed by atoms with Gasteiger partial charge in [-0.1, -0.05) is 18.2 Å². The molecule has 0 unspecified atom stereocenters. The van der Waals surface area contributed by atoms with Crippen LogP contribution in [0.5, 0.6) is 5.75 Å². The molecule has 0 aliphatic rings. The third-order valence-corrected chi connectivity index (χ3v) is 2.78. The van der Waals surface area contributed by atoms with E-state index in [-0.39, 0.29) is 11.4 Å². The van der Waals surface area contributed by atoms with Crippen molar-refractivity contribution in [3.8, 4) is 17.9 Å². The minimum atomic E-state index is -0.285. The topological polar surface area (TPSA) is 68.8 Å². The number of allylic oxidation sites excluding steroid dienone is 1. The molecular weight excluding hydrogens is 281 g/mol. The third-order valence-electron chi connectivity index (χ3n) is 2.78. The van der Waals surface area contributed by atoms with Crippen molar-refractivity contribution in [2.45, 2.75) is 6.61 Å². The molecule has 0 aliphatic heterocycles. The van der Waals surface area contributed by atoms with Crippen LogP contribution >= 0.6 is 0 Å². The van der Waals surface area contributed by atoms with Crippen LogP contribution in [0.1, 0.15) is 5.56 Å². The van der Waals surface area contributed by atoms with E-state index in [2.05, 4.69) is 5.32 Å². The second-order valence-electron chi connectivity index (χ2n) is 4.37. The number of nitriles is 2. The maximum Gasteiger partial charge on any atom is 0.145 e. The number of rotatable bonds is 5. The second kappa shape index (κ2) is 7.47. The molecule has 0 saturated carbocycles. The van der Waals surface area contributed by atoms with Gasteiger partial charge in [-0.25, -0.2) is 4.39 Å². The van der Waals surface area contributed by atoms with Gasteiger partial charge in [0.15, 0.2) is 0 Å². The number of ether oxygens (including phenoxy) is 1. The van der Waals surface area contributed by atoms with Crippen LogP contribution < -0.4 is 10.1 Å². The maximum absolute atomic E-state index is 12.8. The van der Waals surface area contributed by atoms with Crippen molar-refractivity contribution >= 4 is 5.69 Å². The van der Waals surface area contributed by atoms with Crippen molar-refractivity contribution in [2.24, 2.45) is 0 Å². The molecule has 0 radical (unpaired) electrons. The van der Waals surface area contributed by atoms with Gasteiger partial charge >= 0.3 is 0 Å². The van der Waals surface area contributed by atoms with Gasteiger partial charge in [-0.3, -0.25) is 0 Å². The summed E-state index contributed by atoms with van der Waals surface area (Å²) < 4.78 is 18.4. The number of anilines is 1. The van der Waals surface area contributed by atoms with Crippen molar-refractivity contribution in [1.29, 1.82) is 10.5 Å². The number of nitrogens with zero attached hydrogens (tertiary/aromatic N) is 2. The molecule has 0 amide bonds. The zero-order valence-electron chi connectivity index (χ0n) is 11.6. The standard InChI is InChI=1S/C17H12FN3O/c18-15-6-4-13(5-7-15)12-22-17-3-1-2-16(8-17)21-11-14(9-19)10-20/h1-8,11,21H,12H2. The minimum Gasteiger partial charge on any atom is -0.489 e. The summed E-state index contributed by atoms with van der Waals surface area (Å²) in [6.45, 7) is 0.321. The first kappa shape index (κ1) is 15.1. The number of hydrogen-bond acceptors (Lipinski definition) is 4. The minimum absolute atomic E-state index is 0.0161. The van der Waals surface area contributed by atoms with Crippen LogP contribution in [0.3, 0.4) is 0 Å². The van der Waals surface area contributed by atoms with E-state index in [1.165, 1.54) is 18.3 Å². The summed E-state index contributed by atoms with van der Waals surface area (Å²) >= 11 is 0. The highest BCUT2D eigenvalue weighted by Gasteiger charge is 1.99. The van der Waals surface area contributed by atoms with E-state index < -0.39 is 0 Å². The Balaban J connectivity index is 2.00. The molecule has 0 aliphatic carbocycles. The normalized spacial score (nSPS) is 9.23. The Hall–Kier alpha value is -3.31. The fraction of sp³-hybridized carbons (Fsp3) is 0.0588. The summed E-state index contributed by atoms with van der Waals surface area (Å²) in [5.74, 6) is 0.339. The number of hydrogen-bond donors (Lipinski definition) is 1. The molecule has 0 fully saturated rings. The highest BCUT2D eigenvalue weighted by Crippen LogP contribution is 2.19. The molecule has 0 aromatic heterocycles. The zero-order chi connectivity index (χ0) is 15.8. The fourth-order valence-corrected chi connectivity index (χ4v) is 1.67. The third kappa shape index (κ3) is 4.36. The molecule has 0 heterocycles. The van der Waals surface area contributed by atoms with Crippen LogP contribution in [0.2, 0.25) is 0 Å². The quantitative estimate of drug-likeness (QED) is 0.852. The van der Waals surface area contributed by atoms with Gasteiger partial charge in [0.2, 0.25) is 0 Å². The molecule has 5 heteroatoms. The molecule has 1 N–H and O–H groups in total. The number of nitrogens with one attached hydrogen (secondary N) is 1. The van der Waals surface area contributed by atoms with Crippen LogP contribution in [0.4, 0.5) is 10.1 Å². The smallest absolute Gasteiger partial charge is 0.145 e. The van der Waals surface area contributed by atoms with Gasteiger partial charge in [0.1, 0.15) is 35.9 Å². The second-order valence-corrected chi connectivity index (χ2v) is 4.37. The average molecular weight is 293 g/mol. The van der Waals surface area contributed by atoms with Gasteiger partial charge in [-0.2, -0.15) is 10.5 Å². The molecule has 2 rings (SSSR count). The zero-order valence-corrected chi connectivity index (χ0v) is 11.6. The fourth-order valence-electron chi connectivity index (χ4n) is 1.67. The molecule has 0 saturated heterocycles. The van der Waals surface area contributed by atoms with E-state index in [0.29, 0.717) is 18.0 Å². The van der Waals surface area contributed by atoms with Gasteiger partial charge in [0.25, 0.3) is 0 Å². The van der Waals surface area contributed by atoms with Gasteiger partial charge in [0, 0.05) is 18.0 Å². The van der Waals surface area contributed by atoms with Gasteiger partial charge < -0.3 is 10.1 Å². The predicted octanol–water partition coefficient (Wildman–Crippen LogP) is 3.75. The summed E-state index contributed by atoms with van der Waals surface area (Å²) in [5, 5.41) is 20.2. The highest BCUT2D eigenvalue weighted by molar-refractivity contribution is 5.52. The largest absolute Gasteiger partial charge is 0.489 e. The first-order chi connectivity index (χ1) is 10.7. The highest BCUT2D eigenvalue weighted by atomic mass is 19.1. The molecule has 4 nitrogen and oxygen atoms in total. The van der Waals surface area contributed by atoms with Gasteiger partial charge in [-0.05, 0) is 29.8 Å². The molecule has 0 spiro atoms. The molecule has 2 aromatic rings. The first-order valence-electron chi connectivity index (χ1n) is 6.45. The molecule has 0 atom stereocenters.